The number of hydrogen-bond donors (Lipinski definition) is 1. The molecule has 1 aliphatic rings. The topological polar surface area (TPSA) is 43.8 Å². The van der Waals surface area contributed by atoms with Gasteiger partial charge in [-0.05, 0) is 43.8 Å². The minimum Gasteiger partial charge on any atom is -0.396 e. The number of carbonyl (C=O) groups excluding carboxylic acids is 1. The Morgan fingerprint density at radius 3 is 2.38 bits per heavy atom. The molecule has 2 aromatic rings. The number of amides is 1. The molecule has 0 aliphatic carbocycles. The normalized spacial score (nSPS) is 20.0. The summed E-state index contributed by atoms with van der Waals surface area (Å²) in [5.41, 5.74) is 1.87. The molecule has 1 aliphatic heterocycles. The quantitative estimate of drug-likeness (QED) is 0.896. The molecular weight excluding hydrogens is 331 g/mol. The first-order valence-electron chi connectivity index (χ1n) is 8.89. The van der Waals surface area contributed by atoms with Crippen LogP contribution in [-0.4, -0.2) is 61.2 Å². The summed E-state index contributed by atoms with van der Waals surface area (Å²) in [5, 5.41) is 9.62. The number of aliphatic hydroxyl groups is 1. The average Bonchev–Trinajstić information content (AvgIpc) is 3.04. The monoisotopic (exact) mass is 356 g/mol. The van der Waals surface area contributed by atoms with Gasteiger partial charge in [-0.2, -0.15) is 0 Å². The summed E-state index contributed by atoms with van der Waals surface area (Å²) < 4.78 is 13.9. The van der Waals surface area contributed by atoms with Gasteiger partial charge in [-0.25, -0.2) is 4.39 Å². The second-order valence-corrected chi connectivity index (χ2v) is 7.23. The number of likely N-dealkylation sites (tertiary alicyclic amines) is 1. The van der Waals surface area contributed by atoms with E-state index in [1.54, 1.807) is 42.5 Å². The van der Waals surface area contributed by atoms with E-state index in [1.807, 2.05) is 19.0 Å². The first kappa shape index (κ1) is 18.5. The molecule has 1 amide bonds. The minimum atomic E-state index is -0.275. The van der Waals surface area contributed by atoms with E-state index in [0.29, 0.717) is 24.2 Å². The third-order valence-electron chi connectivity index (χ3n) is 5.01. The van der Waals surface area contributed by atoms with E-state index in [1.165, 1.54) is 6.07 Å². The Morgan fingerprint density at radius 1 is 1.12 bits per heavy atom. The molecular formula is C21H25FN2O2. The summed E-state index contributed by atoms with van der Waals surface area (Å²) in [6.45, 7) is 2.16. The predicted octanol–water partition coefficient (Wildman–Crippen LogP) is 2.73. The second-order valence-electron chi connectivity index (χ2n) is 7.23. The molecule has 1 saturated heterocycles. The summed E-state index contributed by atoms with van der Waals surface area (Å²) in [7, 11) is 4.00. The van der Waals surface area contributed by atoms with Crippen LogP contribution in [-0.2, 0) is 0 Å². The lowest BCUT2D eigenvalue weighted by Crippen LogP contribution is -2.30. The Morgan fingerprint density at radius 2 is 1.77 bits per heavy atom. The summed E-state index contributed by atoms with van der Waals surface area (Å²) in [5.74, 6) is 0.0731. The molecule has 2 aromatic carbocycles. The molecule has 4 nitrogen and oxygen atoms in total. The number of carbonyl (C=O) groups is 1. The van der Waals surface area contributed by atoms with Crippen LogP contribution in [0.15, 0.2) is 48.5 Å². The summed E-state index contributed by atoms with van der Waals surface area (Å²) >= 11 is 0. The van der Waals surface area contributed by atoms with Gasteiger partial charge in [0.25, 0.3) is 5.91 Å². The van der Waals surface area contributed by atoms with Crippen molar-refractivity contribution in [1.82, 2.24) is 9.80 Å². The fourth-order valence-electron chi connectivity index (χ4n) is 3.66. The fourth-order valence-corrected chi connectivity index (χ4v) is 3.66. The van der Waals surface area contributed by atoms with Crippen molar-refractivity contribution in [3.05, 3.63) is 59.9 Å². The molecule has 5 heteroatoms. The van der Waals surface area contributed by atoms with E-state index in [4.69, 9.17) is 0 Å². The maximum Gasteiger partial charge on any atom is 0.253 e. The van der Waals surface area contributed by atoms with Crippen molar-refractivity contribution in [2.75, 3.05) is 40.3 Å². The van der Waals surface area contributed by atoms with Crippen LogP contribution in [0.5, 0.6) is 0 Å². The molecule has 2 atom stereocenters. The van der Waals surface area contributed by atoms with Gasteiger partial charge in [0.2, 0.25) is 0 Å². The molecule has 1 heterocycles. The third-order valence-corrected chi connectivity index (χ3v) is 5.01. The van der Waals surface area contributed by atoms with Crippen LogP contribution in [0.1, 0.15) is 10.4 Å². The van der Waals surface area contributed by atoms with Gasteiger partial charge < -0.3 is 14.9 Å². The molecule has 0 radical (unpaired) electrons. The molecule has 0 aromatic heterocycles. The highest BCUT2D eigenvalue weighted by atomic mass is 19.1. The second kappa shape index (κ2) is 7.98. The zero-order chi connectivity index (χ0) is 18.7. The Hall–Kier alpha value is -2.24. The van der Waals surface area contributed by atoms with E-state index in [0.717, 1.165) is 12.1 Å². The van der Waals surface area contributed by atoms with Gasteiger partial charge in [0.05, 0.1) is 0 Å². The Balaban J connectivity index is 1.73. The molecule has 0 saturated carbocycles. The van der Waals surface area contributed by atoms with Gasteiger partial charge in [-0.15, -0.1) is 0 Å². The molecule has 0 unspecified atom stereocenters. The molecule has 0 spiro atoms. The summed E-state index contributed by atoms with van der Waals surface area (Å²) in [6.07, 6.45) is 0. The van der Waals surface area contributed by atoms with E-state index < -0.39 is 0 Å². The van der Waals surface area contributed by atoms with Gasteiger partial charge in [0, 0.05) is 43.3 Å². The molecule has 0 bridgehead atoms. The van der Waals surface area contributed by atoms with Crippen molar-refractivity contribution in [2.24, 2.45) is 11.8 Å². The zero-order valence-electron chi connectivity index (χ0n) is 15.2. The smallest absolute Gasteiger partial charge is 0.253 e. The molecule has 1 fully saturated rings. The van der Waals surface area contributed by atoms with E-state index in [2.05, 4.69) is 4.90 Å². The maximum absolute atomic E-state index is 13.9. The number of rotatable bonds is 5. The lowest BCUT2D eigenvalue weighted by Gasteiger charge is -2.20. The highest BCUT2D eigenvalue weighted by molar-refractivity contribution is 5.95. The first-order chi connectivity index (χ1) is 12.5. The number of aliphatic hydroxyl groups excluding tert-OH is 1. The highest BCUT2D eigenvalue weighted by Crippen LogP contribution is 2.27. The summed E-state index contributed by atoms with van der Waals surface area (Å²) in [4.78, 5) is 16.7. The predicted molar refractivity (Wildman–Crippen MR) is 100 cm³/mol. The average molecular weight is 356 g/mol. The van der Waals surface area contributed by atoms with Gasteiger partial charge in [0.15, 0.2) is 0 Å². The Bertz CT molecular complexity index is 761. The largest absolute Gasteiger partial charge is 0.396 e. The van der Waals surface area contributed by atoms with E-state index >= 15 is 0 Å². The van der Waals surface area contributed by atoms with Crippen LogP contribution >= 0.6 is 0 Å². The first-order valence-corrected chi connectivity index (χ1v) is 8.89. The van der Waals surface area contributed by atoms with Crippen LogP contribution in [0.3, 0.4) is 0 Å². The minimum absolute atomic E-state index is 0.0372. The van der Waals surface area contributed by atoms with E-state index in [9.17, 15) is 14.3 Å². The van der Waals surface area contributed by atoms with Crippen molar-refractivity contribution in [1.29, 1.82) is 0 Å². The molecule has 3 rings (SSSR count). The SMILES string of the molecule is CN(C)C[C@@H]1CN(C(=O)c2ccc(-c3ccccc3F)cc2)C[C@@H]1CO. The standard InChI is InChI=1S/C21H25FN2O2/c1-23(2)11-17-12-24(13-18(17)14-25)21(26)16-9-7-15(8-10-16)19-5-3-4-6-20(19)22/h3-10,17-18,25H,11-14H2,1-2H3/t17-,18-/m1/s1. The van der Waals surface area contributed by atoms with Crippen LogP contribution in [0.4, 0.5) is 4.39 Å². The highest BCUT2D eigenvalue weighted by Gasteiger charge is 2.35. The number of hydrogen-bond acceptors (Lipinski definition) is 3. The Kier molecular flexibility index (Phi) is 5.69. The van der Waals surface area contributed by atoms with Gasteiger partial charge in [-0.3, -0.25) is 4.79 Å². The molecule has 1 N–H and O–H groups in total. The van der Waals surface area contributed by atoms with Crippen molar-refractivity contribution < 1.29 is 14.3 Å². The molecule has 26 heavy (non-hydrogen) atoms. The molecule has 138 valence electrons. The van der Waals surface area contributed by atoms with Gasteiger partial charge >= 0.3 is 0 Å². The lowest BCUT2D eigenvalue weighted by molar-refractivity contribution is 0.0779. The van der Waals surface area contributed by atoms with Crippen molar-refractivity contribution in [3.63, 3.8) is 0 Å². The number of halogens is 1. The summed E-state index contributed by atoms with van der Waals surface area (Å²) in [6, 6.07) is 13.7. The van der Waals surface area contributed by atoms with Crippen molar-refractivity contribution >= 4 is 5.91 Å². The number of benzene rings is 2. The number of nitrogens with zero attached hydrogens (tertiary/aromatic N) is 2. The van der Waals surface area contributed by atoms with Crippen LogP contribution in [0.25, 0.3) is 11.1 Å². The van der Waals surface area contributed by atoms with E-state index in [-0.39, 0.29) is 30.2 Å². The van der Waals surface area contributed by atoms with Gasteiger partial charge in [0.1, 0.15) is 5.82 Å². The fraction of sp³-hybridized carbons (Fsp3) is 0.381. The third kappa shape index (κ3) is 3.94. The lowest BCUT2D eigenvalue weighted by atomic mass is 9.97. The van der Waals surface area contributed by atoms with Crippen LogP contribution in [0.2, 0.25) is 0 Å². The van der Waals surface area contributed by atoms with Crippen molar-refractivity contribution in [2.45, 2.75) is 0 Å². The van der Waals surface area contributed by atoms with Crippen molar-refractivity contribution in [3.8, 4) is 11.1 Å². The van der Waals surface area contributed by atoms with Crippen LogP contribution in [0, 0.1) is 17.7 Å². The van der Waals surface area contributed by atoms with Crippen LogP contribution < -0.4 is 0 Å². The Labute approximate surface area is 153 Å². The zero-order valence-corrected chi connectivity index (χ0v) is 15.2. The maximum atomic E-state index is 13.9. The van der Waals surface area contributed by atoms with Gasteiger partial charge in [-0.1, -0.05) is 30.3 Å².